The largest absolute Gasteiger partial charge is 0.391 e. The lowest BCUT2D eigenvalue weighted by Crippen LogP contribution is -2.16. The Bertz CT molecular complexity index is 110. The third-order valence-electron chi connectivity index (χ3n) is 0.715. The summed E-state index contributed by atoms with van der Waals surface area (Å²) in [5.41, 5.74) is 7.79. The van der Waals surface area contributed by atoms with E-state index in [1.807, 2.05) is 0 Å². The van der Waals surface area contributed by atoms with Crippen molar-refractivity contribution in [2.24, 2.45) is 5.11 Å². The van der Waals surface area contributed by atoms with Crippen LogP contribution in [0, 0.1) is 0 Å². The first kappa shape index (κ1) is 8.23. The summed E-state index contributed by atoms with van der Waals surface area (Å²) in [6.45, 7) is 0.281. The lowest BCUT2D eigenvalue weighted by molar-refractivity contribution is 0.0702. The van der Waals surface area contributed by atoms with E-state index < -0.39 is 6.10 Å². The third-order valence-corrected chi connectivity index (χ3v) is 0.715. The van der Waals surface area contributed by atoms with Gasteiger partial charge in [-0.05, 0) is 5.53 Å². The van der Waals surface area contributed by atoms with E-state index in [4.69, 9.17) is 10.6 Å². The van der Waals surface area contributed by atoms with Crippen LogP contribution in [-0.2, 0) is 4.74 Å². The fraction of sp³-hybridized carbons (Fsp3) is 1.00. The van der Waals surface area contributed by atoms with E-state index >= 15 is 0 Å². The SMILES string of the molecule is COC[C@H](O)CN=[N+]=[N-]. The maximum absolute atomic E-state index is 8.79. The van der Waals surface area contributed by atoms with Crippen LogP contribution in [0.15, 0.2) is 5.11 Å². The summed E-state index contributed by atoms with van der Waals surface area (Å²) in [5, 5.41) is 11.9. The molecule has 1 N–H and O–H groups in total. The number of ether oxygens (including phenoxy) is 1. The quantitative estimate of drug-likeness (QED) is 0.338. The first-order valence-corrected chi connectivity index (χ1v) is 2.49. The van der Waals surface area contributed by atoms with Crippen LogP contribution in [0.1, 0.15) is 0 Å². The van der Waals surface area contributed by atoms with Gasteiger partial charge in [-0.15, -0.1) is 0 Å². The molecule has 5 heteroatoms. The van der Waals surface area contributed by atoms with Crippen molar-refractivity contribution in [3.8, 4) is 0 Å². The molecule has 0 spiro atoms. The third kappa shape index (κ3) is 5.10. The first-order valence-electron chi connectivity index (χ1n) is 2.49. The molecule has 1 atom stereocenters. The van der Waals surface area contributed by atoms with Crippen molar-refractivity contribution in [2.75, 3.05) is 20.3 Å². The van der Waals surface area contributed by atoms with Crippen molar-refractivity contribution in [1.82, 2.24) is 0 Å². The van der Waals surface area contributed by atoms with Crippen molar-refractivity contribution in [3.63, 3.8) is 0 Å². The highest BCUT2D eigenvalue weighted by molar-refractivity contribution is 4.56. The van der Waals surface area contributed by atoms with Crippen LogP contribution in [0.3, 0.4) is 0 Å². The minimum Gasteiger partial charge on any atom is -0.391 e. The van der Waals surface area contributed by atoms with Gasteiger partial charge < -0.3 is 9.84 Å². The second-order valence-electron chi connectivity index (χ2n) is 1.52. The fourth-order valence-corrected chi connectivity index (χ4v) is 0.376. The Kier molecular flexibility index (Phi) is 4.91. The molecule has 0 aromatic heterocycles. The van der Waals surface area contributed by atoms with E-state index in [9.17, 15) is 0 Å². The van der Waals surface area contributed by atoms with E-state index in [0.717, 1.165) is 0 Å². The van der Waals surface area contributed by atoms with Crippen LogP contribution in [0.5, 0.6) is 0 Å². The lowest BCUT2D eigenvalue weighted by atomic mass is 10.4. The molecule has 0 aliphatic rings. The molecule has 0 rings (SSSR count). The Morgan fingerprint density at radius 3 is 3.00 bits per heavy atom. The monoisotopic (exact) mass is 131 g/mol. The maximum Gasteiger partial charge on any atom is 0.0829 e. The van der Waals surface area contributed by atoms with Gasteiger partial charge in [-0.2, -0.15) is 0 Å². The van der Waals surface area contributed by atoms with Crippen molar-refractivity contribution in [1.29, 1.82) is 0 Å². The van der Waals surface area contributed by atoms with Crippen LogP contribution in [0.2, 0.25) is 0 Å². The van der Waals surface area contributed by atoms with Gasteiger partial charge in [0.05, 0.1) is 19.3 Å². The number of azide groups is 1. The van der Waals surface area contributed by atoms with Crippen LogP contribution in [0.4, 0.5) is 0 Å². The molecule has 0 aliphatic carbocycles. The molecular weight excluding hydrogens is 122 g/mol. The Labute approximate surface area is 52.9 Å². The summed E-state index contributed by atoms with van der Waals surface area (Å²) in [6.07, 6.45) is -0.675. The molecule has 0 bridgehead atoms. The molecule has 0 radical (unpaired) electrons. The van der Waals surface area contributed by atoms with Gasteiger partial charge in [0.2, 0.25) is 0 Å². The van der Waals surface area contributed by atoms with Gasteiger partial charge >= 0.3 is 0 Å². The molecule has 0 aromatic carbocycles. The minimum absolute atomic E-state index is 0.0737. The van der Waals surface area contributed by atoms with Gasteiger partial charge in [0, 0.05) is 12.0 Å². The molecule has 0 heterocycles. The minimum atomic E-state index is -0.675. The topological polar surface area (TPSA) is 78.2 Å². The number of hydrogen-bond donors (Lipinski definition) is 1. The zero-order chi connectivity index (χ0) is 7.11. The molecule has 0 fully saturated rings. The first-order chi connectivity index (χ1) is 4.31. The van der Waals surface area contributed by atoms with Gasteiger partial charge in [0.15, 0.2) is 0 Å². The predicted molar refractivity (Wildman–Crippen MR) is 31.9 cm³/mol. The normalized spacial score (nSPS) is 12.2. The Balaban J connectivity index is 3.25. The predicted octanol–water partition coefficient (Wildman–Crippen LogP) is 0.304. The molecule has 0 saturated heterocycles. The summed E-state index contributed by atoms with van der Waals surface area (Å²) >= 11 is 0. The van der Waals surface area contributed by atoms with Crippen LogP contribution in [0.25, 0.3) is 10.4 Å². The molecule has 0 saturated carbocycles. The zero-order valence-electron chi connectivity index (χ0n) is 5.19. The van der Waals surface area contributed by atoms with Crippen LogP contribution in [-0.4, -0.2) is 31.5 Å². The van der Waals surface area contributed by atoms with Crippen molar-refractivity contribution in [3.05, 3.63) is 10.4 Å². The second-order valence-corrected chi connectivity index (χ2v) is 1.52. The molecule has 5 nitrogen and oxygen atoms in total. The van der Waals surface area contributed by atoms with E-state index in [-0.39, 0.29) is 13.2 Å². The average molecular weight is 131 g/mol. The Hall–Kier alpha value is -0.770. The Morgan fingerprint density at radius 2 is 2.56 bits per heavy atom. The highest BCUT2D eigenvalue weighted by atomic mass is 16.5. The number of nitrogens with zero attached hydrogens (tertiary/aromatic N) is 3. The number of hydrogen-bond acceptors (Lipinski definition) is 3. The number of methoxy groups -OCH3 is 1. The number of rotatable bonds is 4. The fourth-order valence-electron chi connectivity index (χ4n) is 0.376. The van der Waals surface area contributed by atoms with Crippen LogP contribution >= 0.6 is 0 Å². The van der Waals surface area contributed by atoms with E-state index in [1.54, 1.807) is 0 Å². The number of aliphatic hydroxyl groups is 1. The molecule has 0 amide bonds. The molecule has 9 heavy (non-hydrogen) atoms. The highest BCUT2D eigenvalue weighted by Crippen LogP contribution is 1.84. The van der Waals surface area contributed by atoms with Gasteiger partial charge in [-0.25, -0.2) is 0 Å². The van der Waals surface area contributed by atoms with E-state index in [1.165, 1.54) is 7.11 Å². The summed E-state index contributed by atoms with van der Waals surface area (Å²) in [5.74, 6) is 0. The van der Waals surface area contributed by atoms with Gasteiger partial charge in [-0.3, -0.25) is 0 Å². The molecule has 0 aliphatic heterocycles. The summed E-state index contributed by atoms with van der Waals surface area (Å²) in [4.78, 5) is 2.47. The van der Waals surface area contributed by atoms with Gasteiger partial charge in [0.1, 0.15) is 0 Å². The van der Waals surface area contributed by atoms with E-state index in [0.29, 0.717) is 0 Å². The summed E-state index contributed by atoms with van der Waals surface area (Å²) in [7, 11) is 1.47. The standard InChI is InChI=1S/C4H9N3O2/c1-9-3-4(8)2-6-7-5/h4,8H,2-3H2,1H3/t4-/m1/s1. The van der Waals surface area contributed by atoms with E-state index in [2.05, 4.69) is 14.8 Å². The van der Waals surface area contributed by atoms with Crippen molar-refractivity contribution in [2.45, 2.75) is 6.10 Å². The second kappa shape index (κ2) is 5.37. The van der Waals surface area contributed by atoms with Gasteiger partial charge in [0.25, 0.3) is 0 Å². The lowest BCUT2D eigenvalue weighted by Gasteiger charge is -2.02. The zero-order valence-corrected chi connectivity index (χ0v) is 5.19. The molecule has 0 aromatic rings. The summed E-state index contributed by atoms with van der Waals surface area (Å²) < 4.78 is 4.57. The molecule has 0 unspecified atom stereocenters. The van der Waals surface area contributed by atoms with Crippen molar-refractivity contribution >= 4 is 0 Å². The number of aliphatic hydroxyl groups excluding tert-OH is 1. The van der Waals surface area contributed by atoms with Crippen LogP contribution < -0.4 is 0 Å². The van der Waals surface area contributed by atoms with Crippen molar-refractivity contribution < 1.29 is 9.84 Å². The summed E-state index contributed by atoms with van der Waals surface area (Å²) in [6, 6.07) is 0. The molecular formula is C4H9N3O2. The highest BCUT2D eigenvalue weighted by Gasteiger charge is 1.98. The molecule has 52 valence electrons. The maximum atomic E-state index is 8.79. The Morgan fingerprint density at radius 1 is 1.89 bits per heavy atom. The average Bonchev–Trinajstić information content (AvgIpc) is 1.85. The smallest absolute Gasteiger partial charge is 0.0829 e. The van der Waals surface area contributed by atoms with Gasteiger partial charge in [-0.1, -0.05) is 5.11 Å².